The summed E-state index contributed by atoms with van der Waals surface area (Å²) in [7, 11) is 0. The van der Waals surface area contributed by atoms with Crippen molar-refractivity contribution in [2.24, 2.45) is 11.8 Å². The molecule has 2 fully saturated rings. The largest absolute Gasteiger partial charge is 0.508 e. The van der Waals surface area contributed by atoms with Gasteiger partial charge >= 0.3 is 0 Å². The Kier molecular flexibility index (Phi) is 6.89. The molecule has 1 aromatic carbocycles. The zero-order valence-corrected chi connectivity index (χ0v) is 17.7. The predicted molar refractivity (Wildman–Crippen MR) is 113 cm³/mol. The van der Waals surface area contributed by atoms with Gasteiger partial charge in [-0.25, -0.2) is 0 Å². The van der Waals surface area contributed by atoms with Crippen molar-refractivity contribution in [2.45, 2.75) is 109 Å². The number of rotatable bonds is 7. The first-order chi connectivity index (χ1) is 12.9. The Bertz CT molecular complexity index is 606. The van der Waals surface area contributed by atoms with Crippen LogP contribution in [0.15, 0.2) is 18.2 Å². The number of fused-ring (bicyclic) bond motifs is 1. The van der Waals surface area contributed by atoms with Crippen LogP contribution in [0.5, 0.6) is 5.75 Å². The number of phenols is 1. The molecule has 0 heterocycles. The van der Waals surface area contributed by atoms with Gasteiger partial charge in [0, 0.05) is 0 Å². The standard InChI is InChI=1S/C25H40O2/c1-4-5-6-7-15-25(2,3)19-12-14-22(24(27)16-19)21-10-8-9-18-11-13-20(26)17-23(18)21/h12,14,16,18,20-21,23,26-27H,4-11,13,15,17H2,1-3H3. The Morgan fingerprint density at radius 3 is 2.59 bits per heavy atom. The van der Waals surface area contributed by atoms with Gasteiger partial charge in [0.1, 0.15) is 5.75 Å². The fraction of sp³-hybridized carbons (Fsp3) is 0.760. The lowest BCUT2D eigenvalue weighted by atomic mass is 9.63. The van der Waals surface area contributed by atoms with E-state index in [1.54, 1.807) is 0 Å². The number of aliphatic hydroxyl groups is 1. The van der Waals surface area contributed by atoms with Gasteiger partial charge < -0.3 is 10.2 Å². The molecule has 3 rings (SSSR count). The van der Waals surface area contributed by atoms with Gasteiger partial charge in [-0.2, -0.15) is 0 Å². The number of unbranched alkanes of at least 4 members (excludes halogenated alkanes) is 3. The van der Waals surface area contributed by atoms with Crippen LogP contribution in [0.25, 0.3) is 0 Å². The summed E-state index contributed by atoms with van der Waals surface area (Å²) in [5.41, 5.74) is 2.50. The Hall–Kier alpha value is -1.02. The molecule has 0 radical (unpaired) electrons. The lowest BCUT2D eigenvalue weighted by Gasteiger charge is -2.43. The Labute approximate surface area is 166 Å². The van der Waals surface area contributed by atoms with Crippen molar-refractivity contribution >= 4 is 0 Å². The van der Waals surface area contributed by atoms with Gasteiger partial charge in [-0.15, -0.1) is 0 Å². The molecule has 2 heteroatoms. The minimum Gasteiger partial charge on any atom is -0.508 e. The molecule has 2 aliphatic carbocycles. The molecule has 0 aromatic heterocycles. The molecular weight excluding hydrogens is 332 g/mol. The van der Waals surface area contributed by atoms with Crippen molar-refractivity contribution in [3.8, 4) is 5.75 Å². The maximum atomic E-state index is 10.9. The minimum atomic E-state index is -0.143. The number of phenolic OH excluding ortho intramolecular Hbond substituents is 1. The summed E-state index contributed by atoms with van der Waals surface area (Å²) >= 11 is 0. The third-order valence-electron chi connectivity index (χ3n) is 7.49. The fourth-order valence-corrected chi connectivity index (χ4v) is 5.71. The van der Waals surface area contributed by atoms with Crippen LogP contribution in [-0.2, 0) is 5.41 Å². The van der Waals surface area contributed by atoms with E-state index in [4.69, 9.17) is 0 Å². The van der Waals surface area contributed by atoms with Gasteiger partial charge in [0.15, 0.2) is 0 Å². The molecule has 0 saturated heterocycles. The van der Waals surface area contributed by atoms with Crippen LogP contribution in [0.2, 0.25) is 0 Å². The average Bonchev–Trinajstić information content (AvgIpc) is 2.65. The molecular formula is C25H40O2. The van der Waals surface area contributed by atoms with Crippen molar-refractivity contribution in [1.29, 1.82) is 0 Å². The summed E-state index contributed by atoms with van der Waals surface area (Å²) in [5, 5.41) is 21.1. The smallest absolute Gasteiger partial charge is 0.119 e. The summed E-state index contributed by atoms with van der Waals surface area (Å²) in [6.07, 6.45) is 12.9. The van der Waals surface area contributed by atoms with E-state index < -0.39 is 0 Å². The van der Waals surface area contributed by atoms with Crippen LogP contribution in [0.3, 0.4) is 0 Å². The SMILES string of the molecule is CCCCCCC(C)(C)c1ccc(C2CCCC3CCC(O)CC32)c(O)c1. The Balaban J connectivity index is 1.74. The topological polar surface area (TPSA) is 40.5 Å². The molecule has 0 bridgehead atoms. The van der Waals surface area contributed by atoms with Crippen molar-refractivity contribution in [1.82, 2.24) is 0 Å². The van der Waals surface area contributed by atoms with Gasteiger partial charge in [-0.05, 0) is 72.5 Å². The van der Waals surface area contributed by atoms with Crippen molar-refractivity contribution < 1.29 is 10.2 Å². The van der Waals surface area contributed by atoms with Crippen LogP contribution in [0.4, 0.5) is 0 Å². The van der Waals surface area contributed by atoms with Crippen LogP contribution in [0.1, 0.15) is 108 Å². The lowest BCUT2D eigenvalue weighted by molar-refractivity contribution is 0.0375. The van der Waals surface area contributed by atoms with Gasteiger partial charge in [0.2, 0.25) is 0 Å². The monoisotopic (exact) mass is 372 g/mol. The fourth-order valence-electron chi connectivity index (χ4n) is 5.71. The third kappa shape index (κ3) is 4.88. The van der Waals surface area contributed by atoms with Gasteiger partial charge in [0.25, 0.3) is 0 Å². The van der Waals surface area contributed by atoms with E-state index in [9.17, 15) is 10.2 Å². The van der Waals surface area contributed by atoms with Crippen LogP contribution in [0, 0.1) is 11.8 Å². The number of aromatic hydroxyl groups is 1. The molecule has 27 heavy (non-hydrogen) atoms. The summed E-state index contributed by atoms with van der Waals surface area (Å²) in [6, 6.07) is 6.50. The Morgan fingerprint density at radius 2 is 1.85 bits per heavy atom. The zero-order valence-electron chi connectivity index (χ0n) is 17.7. The van der Waals surface area contributed by atoms with E-state index in [1.165, 1.54) is 50.5 Å². The molecule has 2 aliphatic rings. The number of hydrogen-bond acceptors (Lipinski definition) is 2. The van der Waals surface area contributed by atoms with Gasteiger partial charge in [-0.3, -0.25) is 0 Å². The summed E-state index contributed by atoms with van der Waals surface area (Å²) in [5.74, 6) is 2.18. The van der Waals surface area contributed by atoms with Gasteiger partial charge in [-0.1, -0.05) is 71.4 Å². The number of hydrogen-bond donors (Lipinski definition) is 2. The molecule has 4 unspecified atom stereocenters. The van der Waals surface area contributed by atoms with Crippen molar-refractivity contribution in [3.05, 3.63) is 29.3 Å². The van der Waals surface area contributed by atoms with E-state index in [-0.39, 0.29) is 11.5 Å². The molecule has 0 spiro atoms. The molecule has 2 saturated carbocycles. The Morgan fingerprint density at radius 1 is 1.04 bits per heavy atom. The van der Waals surface area contributed by atoms with Gasteiger partial charge in [0.05, 0.1) is 6.10 Å². The molecule has 1 aromatic rings. The molecule has 2 nitrogen and oxygen atoms in total. The van der Waals surface area contributed by atoms with Crippen molar-refractivity contribution in [2.75, 3.05) is 0 Å². The van der Waals surface area contributed by atoms with Crippen LogP contribution >= 0.6 is 0 Å². The third-order valence-corrected chi connectivity index (χ3v) is 7.49. The first kappa shape index (κ1) is 20.7. The first-order valence-corrected chi connectivity index (χ1v) is 11.4. The van der Waals surface area contributed by atoms with Crippen molar-refractivity contribution in [3.63, 3.8) is 0 Å². The average molecular weight is 373 g/mol. The minimum absolute atomic E-state index is 0.111. The van der Waals surface area contributed by atoms with E-state index in [1.807, 2.05) is 6.07 Å². The predicted octanol–water partition coefficient (Wildman–Crippen LogP) is 6.68. The lowest BCUT2D eigenvalue weighted by Crippen LogP contribution is -2.35. The van der Waals surface area contributed by atoms with Crippen LogP contribution in [-0.4, -0.2) is 16.3 Å². The molecule has 0 aliphatic heterocycles. The highest BCUT2D eigenvalue weighted by molar-refractivity contribution is 5.42. The quantitative estimate of drug-likeness (QED) is 0.524. The van der Waals surface area contributed by atoms with E-state index >= 15 is 0 Å². The van der Waals surface area contributed by atoms with E-state index in [0.29, 0.717) is 17.6 Å². The number of benzene rings is 1. The normalized spacial score (nSPS) is 28.7. The maximum Gasteiger partial charge on any atom is 0.119 e. The highest BCUT2D eigenvalue weighted by atomic mass is 16.3. The highest BCUT2D eigenvalue weighted by Gasteiger charge is 2.39. The molecule has 152 valence electrons. The molecule has 4 atom stereocenters. The second kappa shape index (κ2) is 8.99. The second-order valence-electron chi connectivity index (χ2n) is 9.90. The summed E-state index contributed by atoms with van der Waals surface area (Å²) in [4.78, 5) is 0. The first-order valence-electron chi connectivity index (χ1n) is 11.4. The number of aliphatic hydroxyl groups excluding tert-OH is 1. The van der Waals surface area contributed by atoms with Crippen LogP contribution < -0.4 is 0 Å². The maximum absolute atomic E-state index is 10.9. The summed E-state index contributed by atoms with van der Waals surface area (Å²) < 4.78 is 0. The van der Waals surface area contributed by atoms with E-state index in [2.05, 4.69) is 32.9 Å². The highest BCUT2D eigenvalue weighted by Crippen LogP contribution is 2.50. The molecule has 0 amide bonds. The zero-order chi connectivity index (χ0) is 19.4. The molecule has 2 N–H and O–H groups in total. The summed E-state index contributed by atoms with van der Waals surface area (Å²) in [6.45, 7) is 6.87. The van der Waals surface area contributed by atoms with E-state index in [0.717, 1.165) is 37.2 Å². The second-order valence-corrected chi connectivity index (χ2v) is 9.90.